The first-order valence-electron chi connectivity index (χ1n) is 4.72. The van der Waals surface area contributed by atoms with Gasteiger partial charge in [0.05, 0.1) is 17.1 Å². The van der Waals surface area contributed by atoms with Crippen molar-refractivity contribution in [2.45, 2.75) is 6.61 Å². The lowest BCUT2D eigenvalue weighted by Gasteiger charge is -2.04. The molecule has 0 atom stereocenters. The number of hydrogen-bond donors (Lipinski definition) is 1. The van der Waals surface area contributed by atoms with Gasteiger partial charge in [-0.05, 0) is 11.4 Å². The second-order valence-corrected chi connectivity index (χ2v) is 4.25. The van der Waals surface area contributed by atoms with Crippen LogP contribution in [0, 0.1) is 10.1 Å². The van der Waals surface area contributed by atoms with Crippen LogP contribution in [-0.4, -0.2) is 9.91 Å². The van der Waals surface area contributed by atoms with E-state index < -0.39 is 4.92 Å². The smallest absolute Gasteiger partial charge is 0.278 e. The second-order valence-electron chi connectivity index (χ2n) is 3.21. The fraction of sp³-hybridized carbons (Fsp3) is 0.100. The third-order valence-corrected chi connectivity index (χ3v) is 2.81. The molecule has 2 aromatic heterocycles. The number of nitrogen functional groups attached to an aromatic ring is 1. The van der Waals surface area contributed by atoms with Gasteiger partial charge in [0, 0.05) is 4.88 Å². The molecule has 0 fully saturated rings. The molecule has 17 heavy (non-hydrogen) atoms. The summed E-state index contributed by atoms with van der Waals surface area (Å²) in [5.41, 5.74) is 5.33. The SMILES string of the molecule is Nc1cc([N+](=O)[O-])cc(OCc2cccs2)n1. The topological polar surface area (TPSA) is 91.3 Å². The Kier molecular flexibility index (Phi) is 3.20. The number of thiophene rings is 1. The van der Waals surface area contributed by atoms with Crippen molar-refractivity contribution in [3.63, 3.8) is 0 Å². The summed E-state index contributed by atoms with van der Waals surface area (Å²) in [4.78, 5) is 15.0. The minimum absolute atomic E-state index is 0.0698. The highest BCUT2D eigenvalue weighted by Crippen LogP contribution is 2.21. The van der Waals surface area contributed by atoms with Gasteiger partial charge in [0.1, 0.15) is 12.4 Å². The van der Waals surface area contributed by atoms with Crippen LogP contribution in [0.1, 0.15) is 4.88 Å². The van der Waals surface area contributed by atoms with E-state index in [2.05, 4.69) is 4.98 Å². The molecule has 88 valence electrons. The van der Waals surface area contributed by atoms with Crippen LogP contribution < -0.4 is 10.5 Å². The van der Waals surface area contributed by atoms with Gasteiger partial charge in [0.25, 0.3) is 5.69 Å². The van der Waals surface area contributed by atoms with E-state index in [0.717, 1.165) is 4.88 Å². The molecule has 0 saturated carbocycles. The predicted octanol–water partition coefficient (Wildman–Crippen LogP) is 2.21. The first-order chi connectivity index (χ1) is 8.15. The van der Waals surface area contributed by atoms with E-state index >= 15 is 0 Å². The molecule has 0 aromatic carbocycles. The van der Waals surface area contributed by atoms with E-state index in [9.17, 15) is 10.1 Å². The highest BCUT2D eigenvalue weighted by molar-refractivity contribution is 7.09. The van der Waals surface area contributed by atoms with E-state index in [1.54, 1.807) is 0 Å². The normalized spacial score (nSPS) is 10.1. The molecule has 2 N–H and O–H groups in total. The number of ether oxygens (including phenoxy) is 1. The standard InChI is InChI=1S/C10H9N3O3S/c11-9-4-7(13(14)15)5-10(12-9)16-6-8-2-1-3-17-8/h1-5H,6H2,(H2,11,12). The van der Waals surface area contributed by atoms with Crippen molar-refractivity contribution >= 4 is 22.8 Å². The summed E-state index contributed by atoms with van der Waals surface area (Å²) < 4.78 is 5.34. The van der Waals surface area contributed by atoms with Crippen LogP contribution in [0.4, 0.5) is 11.5 Å². The number of aromatic nitrogens is 1. The van der Waals surface area contributed by atoms with Gasteiger partial charge >= 0.3 is 0 Å². The van der Waals surface area contributed by atoms with Crippen molar-refractivity contribution in [3.8, 4) is 5.88 Å². The second kappa shape index (κ2) is 4.79. The van der Waals surface area contributed by atoms with Crippen molar-refractivity contribution in [3.05, 3.63) is 44.6 Å². The van der Waals surface area contributed by atoms with Gasteiger partial charge in [-0.25, -0.2) is 0 Å². The summed E-state index contributed by atoms with van der Waals surface area (Å²) in [6.07, 6.45) is 0. The van der Waals surface area contributed by atoms with Gasteiger partial charge in [0.2, 0.25) is 5.88 Å². The number of pyridine rings is 1. The summed E-state index contributed by atoms with van der Waals surface area (Å²) in [6.45, 7) is 0.325. The third-order valence-electron chi connectivity index (χ3n) is 1.96. The van der Waals surface area contributed by atoms with E-state index in [4.69, 9.17) is 10.5 Å². The number of nitro groups is 1. The highest BCUT2D eigenvalue weighted by atomic mass is 32.1. The molecule has 2 rings (SSSR count). The van der Waals surface area contributed by atoms with E-state index in [0.29, 0.717) is 6.61 Å². The van der Waals surface area contributed by atoms with Gasteiger partial charge in [-0.1, -0.05) is 6.07 Å². The average Bonchev–Trinajstić information content (AvgIpc) is 2.78. The summed E-state index contributed by atoms with van der Waals surface area (Å²) in [6, 6.07) is 6.26. The molecule has 7 heteroatoms. The molecule has 0 saturated heterocycles. The fourth-order valence-corrected chi connectivity index (χ4v) is 1.85. The van der Waals surface area contributed by atoms with Gasteiger partial charge in [0.15, 0.2) is 0 Å². The van der Waals surface area contributed by atoms with Crippen LogP contribution in [0.15, 0.2) is 29.6 Å². The fourth-order valence-electron chi connectivity index (χ4n) is 1.23. The quantitative estimate of drug-likeness (QED) is 0.664. The molecule has 0 radical (unpaired) electrons. The van der Waals surface area contributed by atoms with Crippen LogP contribution in [0.5, 0.6) is 5.88 Å². The Morgan fingerprint density at radius 2 is 2.35 bits per heavy atom. The molecule has 0 amide bonds. The zero-order valence-corrected chi connectivity index (χ0v) is 9.52. The summed E-state index contributed by atoms with van der Waals surface area (Å²) in [5.74, 6) is 0.227. The highest BCUT2D eigenvalue weighted by Gasteiger charge is 2.10. The number of anilines is 1. The maximum Gasteiger partial charge on any atom is 0.278 e. The first-order valence-corrected chi connectivity index (χ1v) is 5.60. The Bertz CT molecular complexity index is 528. The summed E-state index contributed by atoms with van der Waals surface area (Å²) in [7, 11) is 0. The third kappa shape index (κ3) is 2.91. The van der Waals surface area contributed by atoms with Crippen LogP contribution in [-0.2, 0) is 6.61 Å². The molecule has 0 aliphatic heterocycles. The van der Waals surface area contributed by atoms with Crippen LogP contribution >= 0.6 is 11.3 Å². The lowest BCUT2D eigenvalue weighted by atomic mass is 10.4. The Morgan fingerprint density at radius 3 is 3.00 bits per heavy atom. The molecule has 0 aliphatic rings. The minimum Gasteiger partial charge on any atom is -0.472 e. The molecule has 0 aliphatic carbocycles. The zero-order valence-electron chi connectivity index (χ0n) is 8.70. The lowest BCUT2D eigenvalue weighted by Crippen LogP contribution is -2.00. The Balaban J connectivity index is 2.13. The summed E-state index contributed by atoms with van der Waals surface area (Å²) in [5, 5.41) is 12.5. The molecular weight excluding hydrogens is 242 g/mol. The van der Waals surface area contributed by atoms with Gasteiger partial charge in [-0.3, -0.25) is 10.1 Å². The minimum atomic E-state index is -0.532. The number of hydrogen-bond acceptors (Lipinski definition) is 6. The maximum atomic E-state index is 10.6. The Hall–Kier alpha value is -2.15. The maximum absolute atomic E-state index is 10.6. The van der Waals surface area contributed by atoms with E-state index in [1.807, 2.05) is 17.5 Å². The zero-order chi connectivity index (χ0) is 12.3. The Morgan fingerprint density at radius 1 is 1.53 bits per heavy atom. The molecule has 0 unspecified atom stereocenters. The molecule has 0 bridgehead atoms. The molecule has 6 nitrogen and oxygen atoms in total. The van der Waals surface area contributed by atoms with Crippen molar-refractivity contribution in [1.82, 2.24) is 4.98 Å². The number of rotatable bonds is 4. The number of nitrogens with zero attached hydrogens (tertiary/aromatic N) is 2. The van der Waals surface area contributed by atoms with Gasteiger partial charge in [-0.2, -0.15) is 4.98 Å². The average molecular weight is 251 g/mol. The lowest BCUT2D eigenvalue weighted by molar-refractivity contribution is -0.384. The largest absolute Gasteiger partial charge is 0.472 e. The molecule has 2 heterocycles. The van der Waals surface area contributed by atoms with Crippen LogP contribution in [0.2, 0.25) is 0 Å². The van der Waals surface area contributed by atoms with Gasteiger partial charge < -0.3 is 10.5 Å². The molecule has 2 aromatic rings. The van der Waals surface area contributed by atoms with Gasteiger partial charge in [-0.15, -0.1) is 11.3 Å². The van der Waals surface area contributed by atoms with Crippen LogP contribution in [0.3, 0.4) is 0 Å². The van der Waals surface area contributed by atoms with Crippen molar-refractivity contribution in [2.24, 2.45) is 0 Å². The van der Waals surface area contributed by atoms with Crippen LogP contribution in [0.25, 0.3) is 0 Å². The summed E-state index contributed by atoms with van der Waals surface area (Å²) >= 11 is 1.54. The number of nitrogens with two attached hydrogens (primary N) is 1. The monoisotopic (exact) mass is 251 g/mol. The Labute approximate surface area is 101 Å². The van der Waals surface area contributed by atoms with Crippen molar-refractivity contribution in [2.75, 3.05) is 5.73 Å². The first kappa shape index (κ1) is 11.3. The molecular formula is C10H9N3O3S. The van der Waals surface area contributed by atoms with E-state index in [1.165, 1.54) is 23.5 Å². The van der Waals surface area contributed by atoms with Crippen molar-refractivity contribution in [1.29, 1.82) is 0 Å². The molecule has 0 spiro atoms. The predicted molar refractivity (Wildman–Crippen MR) is 64.0 cm³/mol. The van der Waals surface area contributed by atoms with Crippen molar-refractivity contribution < 1.29 is 9.66 Å². The van der Waals surface area contributed by atoms with E-state index in [-0.39, 0.29) is 17.4 Å².